The Kier molecular flexibility index (Phi) is 6.66. The molecular formula is C31H34N4O3. The first-order valence-corrected chi connectivity index (χ1v) is 13.5. The monoisotopic (exact) mass is 510 g/mol. The van der Waals surface area contributed by atoms with Gasteiger partial charge in [-0.3, -0.25) is 4.79 Å². The molecule has 0 bridgehead atoms. The topological polar surface area (TPSA) is 68.6 Å². The third kappa shape index (κ3) is 4.93. The van der Waals surface area contributed by atoms with Gasteiger partial charge in [0.25, 0.3) is 0 Å². The van der Waals surface area contributed by atoms with E-state index in [9.17, 15) is 4.79 Å². The number of carbonyl (C=O) groups excluding carboxylic acids is 1. The molecule has 0 saturated carbocycles. The molecule has 38 heavy (non-hydrogen) atoms. The van der Waals surface area contributed by atoms with Gasteiger partial charge in [0.05, 0.1) is 23.6 Å². The van der Waals surface area contributed by atoms with Crippen molar-refractivity contribution in [1.29, 1.82) is 0 Å². The van der Waals surface area contributed by atoms with E-state index in [-0.39, 0.29) is 17.9 Å². The van der Waals surface area contributed by atoms with Crippen LogP contribution in [-0.2, 0) is 11.3 Å². The minimum atomic E-state index is -0.102. The number of ether oxygens (including phenoxy) is 2. The summed E-state index contributed by atoms with van der Waals surface area (Å²) in [5.41, 5.74) is 5.67. The standard InChI is InChI=1S/C31H34N4O3/c1-21-6-5-7-23(18-21)20-35-27-9-4-3-8-26(27)33-31(35)34-14-12-24(13-15-34)30(36)32-22(2)25-10-11-28-29(19-25)38-17-16-37-28/h3-11,18-19,22,24H,12-17,20H2,1-2H3,(H,32,36). The molecule has 7 nitrogen and oxygen atoms in total. The van der Waals surface area contributed by atoms with Gasteiger partial charge in [-0.2, -0.15) is 0 Å². The van der Waals surface area contributed by atoms with Crippen LogP contribution in [0.1, 0.15) is 42.5 Å². The van der Waals surface area contributed by atoms with Crippen molar-refractivity contribution >= 4 is 22.9 Å². The van der Waals surface area contributed by atoms with Crippen molar-refractivity contribution < 1.29 is 14.3 Å². The lowest BCUT2D eigenvalue weighted by Gasteiger charge is -2.33. The number of fused-ring (bicyclic) bond motifs is 2. The number of carbonyl (C=O) groups is 1. The molecule has 1 atom stereocenters. The molecule has 3 heterocycles. The Morgan fingerprint density at radius 3 is 2.61 bits per heavy atom. The van der Waals surface area contributed by atoms with Gasteiger partial charge in [-0.05, 0) is 62.1 Å². The van der Waals surface area contributed by atoms with Crippen LogP contribution in [-0.4, -0.2) is 41.8 Å². The van der Waals surface area contributed by atoms with E-state index in [1.807, 2.05) is 31.2 Å². The Morgan fingerprint density at radius 2 is 1.79 bits per heavy atom. The lowest BCUT2D eigenvalue weighted by molar-refractivity contribution is -0.126. The maximum atomic E-state index is 13.2. The van der Waals surface area contributed by atoms with Crippen LogP contribution >= 0.6 is 0 Å². The third-order valence-corrected chi connectivity index (χ3v) is 7.63. The maximum Gasteiger partial charge on any atom is 0.223 e. The summed E-state index contributed by atoms with van der Waals surface area (Å²) in [6, 6.07) is 22.8. The second-order valence-corrected chi connectivity index (χ2v) is 10.4. The van der Waals surface area contributed by atoms with Crippen molar-refractivity contribution in [3.63, 3.8) is 0 Å². The molecule has 1 aromatic heterocycles. The van der Waals surface area contributed by atoms with Gasteiger partial charge in [0.2, 0.25) is 11.9 Å². The van der Waals surface area contributed by atoms with E-state index in [0.717, 1.165) is 66.5 Å². The number of hydrogen-bond acceptors (Lipinski definition) is 5. The molecule has 6 rings (SSSR count). The van der Waals surface area contributed by atoms with Gasteiger partial charge in [0.15, 0.2) is 11.5 Å². The summed E-state index contributed by atoms with van der Waals surface area (Å²) in [6.45, 7) is 7.63. The largest absolute Gasteiger partial charge is 0.486 e. The molecule has 4 aromatic rings. The van der Waals surface area contributed by atoms with Crippen molar-refractivity contribution in [3.8, 4) is 11.5 Å². The van der Waals surface area contributed by atoms with Crippen molar-refractivity contribution in [2.24, 2.45) is 5.92 Å². The van der Waals surface area contributed by atoms with E-state index < -0.39 is 0 Å². The van der Waals surface area contributed by atoms with Crippen molar-refractivity contribution in [2.45, 2.75) is 39.3 Å². The zero-order valence-corrected chi connectivity index (χ0v) is 22.0. The Balaban J connectivity index is 1.13. The summed E-state index contributed by atoms with van der Waals surface area (Å²) in [6.07, 6.45) is 1.60. The third-order valence-electron chi connectivity index (χ3n) is 7.63. The highest BCUT2D eigenvalue weighted by Crippen LogP contribution is 2.33. The average molecular weight is 511 g/mol. The minimum absolute atomic E-state index is 0.0134. The molecule has 196 valence electrons. The minimum Gasteiger partial charge on any atom is -0.486 e. The van der Waals surface area contributed by atoms with E-state index in [1.165, 1.54) is 11.1 Å². The molecule has 1 unspecified atom stereocenters. The summed E-state index contributed by atoms with van der Waals surface area (Å²) in [5, 5.41) is 3.22. The second kappa shape index (κ2) is 10.4. The Labute approximate surface area is 223 Å². The van der Waals surface area contributed by atoms with Crippen LogP contribution in [0.25, 0.3) is 11.0 Å². The Bertz CT molecular complexity index is 1450. The Morgan fingerprint density at radius 1 is 1.00 bits per heavy atom. The molecule has 3 aromatic carbocycles. The van der Waals surface area contributed by atoms with Gasteiger partial charge < -0.3 is 24.3 Å². The number of rotatable bonds is 6. The van der Waals surface area contributed by atoms with Gasteiger partial charge in [0.1, 0.15) is 13.2 Å². The van der Waals surface area contributed by atoms with Crippen molar-refractivity contribution in [2.75, 3.05) is 31.2 Å². The molecule has 2 aliphatic heterocycles. The van der Waals surface area contributed by atoms with Gasteiger partial charge in [-0.25, -0.2) is 4.98 Å². The second-order valence-electron chi connectivity index (χ2n) is 10.4. The summed E-state index contributed by atoms with van der Waals surface area (Å²) in [4.78, 5) is 20.5. The fourth-order valence-electron chi connectivity index (χ4n) is 5.54. The van der Waals surface area contributed by atoms with Crippen LogP contribution in [0.3, 0.4) is 0 Å². The number of aromatic nitrogens is 2. The van der Waals surface area contributed by atoms with Gasteiger partial charge >= 0.3 is 0 Å². The predicted molar refractivity (Wildman–Crippen MR) is 149 cm³/mol. The molecule has 1 fully saturated rings. The van der Waals surface area contributed by atoms with Gasteiger partial charge in [-0.1, -0.05) is 48.0 Å². The number of imidazole rings is 1. The molecule has 1 N–H and O–H groups in total. The van der Waals surface area contributed by atoms with Crippen molar-refractivity contribution in [1.82, 2.24) is 14.9 Å². The normalized spacial score (nSPS) is 16.4. The highest BCUT2D eigenvalue weighted by atomic mass is 16.6. The van der Waals surface area contributed by atoms with Gasteiger partial charge in [-0.15, -0.1) is 0 Å². The zero-order chi connectivity index (χ0) is 26.1. The summed E-state index contributed by atoms with van der Waals surface area (Å²) in [7, 11) is 0. The number of nitrogens with one attached hydrogen (secondary N) is 1. The number of nitrogens with zero attached hydrogens (tertiary/aromatic N) is 3. The summed E-state index contributed by atoms with van der Waals surface area (Å²) in [5.74, 6) is 2.59. The number of piperidine rings is 1. The average Bonchev–Trinajstić information content (AvgIpc) is 3.31. The van der Waals surface area contributed by atoms with Crippen LogP contribution in [0.4, 0.5) is 5.95 Å². The summed E-state index contributed by atoms with van der Waals surface area (Å²) < 4.78 is 13.6. The summed E-state index contributed by atoms with van der Waals surface area (Å²) >= 11 is 0. The number of hydrogen-bond donors (Lipinski definition) is 1. The van der Waals surface area contributed by atoms with E-state index in [1.54, 1.807) is 0 Å². The predicted octanol–water partition coefficient (Wildman–Crippen LogP) is 5.26. The maximum absolute atomic E-state index is 13.2. The smallest absolute Gasteiger partial charge is 0.223 e. The first kappa shape index (κ1) is 24.3. The zero-order valence-electron chi connectivity index (χ0n) is 22.0. The van der Waals surface area contributed by atoms with E-state index in [2.05, 4.69) is 64.2 Å². The molecule has 0 radical (unpaired) electrons. The van der Waals surface area contributed by atoms with Crippen LogP contribution in [0, 0.1) is 12.8 Å². The molecule has 1 saturated heterocycles. The lowest BCUT2D eigenvalue weighted by Crippen LogP contribution is -2.42. The number of anilines is 1. The highest BCUT2D eigenvalue weighted by Gasteiger charge is 2.29. The first-order valence-electron chi connectivity index (χ1n) is 13.5. The molecule has 1 amide bonds. The Hall–Kier alpha value is -4.00. The molecule has 0 aliphatic carbocycles. The van der Waals surface area contributed by atoms with E-state index in [0.29, 0.717) is 13.2 Å². The van der Waals surface area contributed by atoms with Crippen molar-refractivity contribution in [3.05, 3.63) is 83.4 Å². The number of benzene rings is 3. The quantitative estimate of drug-likeness (QED) is 0.383. The fourth-order valence-corrected chi connectivity index (χ4v) is 5.54. The first-order chi connectivity index (χ1) is 18.5. The SMILES string of the molecule is Cc1cccc(Cn2c(N3CCC(C(=O)NC(C)c4ccc5c(c4)OCCO5)CC3)nc3ccccc32)c1. The lowest BCUT2D eigenvalue weighted by atomic mass is 9.95. The van der Waals surface area contributed by atoms with Gasteiger partial charge in [0, 0.05) is 19.0 Å². The number of aryl methyl sites for hydroxylation is 1. The fraction of sp³-hybridized carbons (Fsp3) is 0.355. The molecule has 2 aliphatic rings. The number of para-hydroxylation sites is 2. The van der Waals surface area contributed by atoms with Crippen LogP contribution < -0.4 is 19.7 Å². The van der Waals surface area contributed by atoms with Crippen LogP contribution in [0.15, 0.2) is 66.7 Å². The van der Waals surface area contributed by atoms with E-state index >= 15 is 0 Å². The molecule has 7 heteroatoms. The van der Waals surface area contributed by atoms with Crippen LogP contribution in [0.5, 0.6) is 11.5 Å². The highest BCUT2D eigenvalue weighted by molar-refractivity contribution is 5.80. The molecule has 0 spiro atoms. The van der Waals surface area contributed by atoms with Crippen LogP contribution in [0.2, 0.25) is 0 Å². The molecular weight excluding hydrogens is 476 g/mol. The van der Waals surface area contributed by atoms with E-state index in [4.69, 9.17) is 14.5 Å². The number of amides is 1.